The molecule has 0 aromatic heterocycles. The van der Waals surface area contributed by atoms with E-state index in [1.807, 2.05) is 11.9 Å². The van der Waals surface area contributed by atoms with E-state index in [4.69, 9.17) is 5.84 Å². The van der Waals surface area contributed by atoms with E-state index in [1.165, 1.54) is 33.4 Å². The maximum atomic E-state index is 6.58. The zero-order valence-corrected chi connectivity index (χ0v) is 15.6. The maximum Gasteiger partial charge on any atom is 0.0715 e. The number of fused-ring (bicyclic) bond motifs is 7. The summed E-state index contributed by atoms with van der Waals surface area (Å²) in [6.45, 7) is 4.27. The van der Waals surface area contributed by atoms with E-state index >= 15 is 0 Å². The van der Waals surface area contributed by atoms with Gasteiger partial charge in [0.05, 0.1) is 16.8 Å². The van der Waals surface area contributed by atoms with Crippen LogP contribution in [0, 0.1) is 0 Å². The lowest BCUT2D eigenvalue weighted by molar-refractivity contribution is 0.704. The first-order valence-electron chi connectivity index (χ1n) is 9.39. The largest absolute Gasteiger partial charge is 0.279 e. The Morgan fingerprint density at radius 1 is 0.778 bits per heavy atom. The molecule has 3 aromatic rings. The highest BCUT2D eigenvalue weighted by Crippen LogP contribution is 2.60. The third-order valence-corrected chi connectivity index (χ3v) is 6.05. The SMILES string of the molecule is C/C=C\C1=C(C)C2(c3ccccc3-c3ccccc32)c2ccccc2N1N. The molecule has 1 aliphatic carbocycles. The molecule has 1 heterocycles. The zero-order valence-electron chi connectivity index (χ0n) is 15.6. The minimum Gasteiger partial charge on any atom is -0.279 e. The van der Waals surface area contributed by atoms with Gasteiger partial charge in [0.25, 0.3) is 0 Å². The molecule has 0 atom stereocenters. The van der Waals surface area contributed by atoms with Crippen molar-refractivity contribution in [2.45, 2.75) is 19.3 Å². The van der Waals surface area contributed by atoms with Crippen molar-refractivity contribution < 1.29 is 0 Å². The summed E-state index contributed by atoms with van der Waals surface area (Å²) < 4.78 is 0. The molecular weight excluding hydrogens is 328 g/mol. The number of anilines is 1. The topological polar surface area (TPSA) is 29.3 Å². The molecule has 0 saturated carbocycles. The van der Waals surface area contributed by atoms with Gasteiger partial charge >= 0.3 is 0 Å². The normalized spacial score (nSPS) is 16.6. The van der Waals surface area contributed by atoms with Gasteiger partial charge in [-0.1, -0.05) is 72.8 Å². The van der Waals surface area contributed by atoms with Gasteiger partial charge in [-0.05, 0) is 59.4 Å². The number of para-hydroxylation sites is 1. The molecule has 0 fully saturated rings. The maximum absolute atomic E-state index is 6.58. The number of benzene rings is 3. The van der Waals surface area contributed by atoms with Gasteiger partial charge in [0.1, 0.15) is 0 Å². The van der Waals surface area contributed by atoms with Crippen LogP contribution in [-0.4, -0.2) is 0 Å². The summed E-state index contributed by atoms with van der Waals surface area (Å²) in [6, 6.07) is 26.1. The molecule has 2 heteroatoms. The van der Waals surface area contributed by atoms with E-state index < -0.39 is 0 Å². The fourth-order valence-electron chi connectivity index (χ4n) is 5.00. The summed E-state index contributed by atoms with van der Waals surface area (Å²) in [7, 11) is 0. The molecule has 2 nitrogen and oxygen atoms in total. The highest BCUT2D eigenvalue weighted by Gasteiger charge is 2.50. The second kappa shape index (κ2) is 5.70. The Bertz CT molecular complexity index is 1070. The summed E-state index contributed by atoms with van der Waals surface area (Å²) in [5.74, 6) is 6.58. The first-order chi connectivity index (χ1) is 13.2. The summed E-state index contributed by atoms with van der Waals surface area (Å²) in [5, 5.41) is 1.83. The third-order valence-electron chi connectivity index (χ3n) is 6.05. The first kappa shape index (κ1) is 16.1. The van der Waals surface area contributed by atoms with Gasteiger partial charge in [0.15, 0.2) is 0 Å². The van der Waals surface area contributed by atoms with Crippen LogP contribution in [0.2, 0.25) is 0 Å². The molecule has 132 valence electrons. The van der Waals surface area contributed by atoms with Gasteiger partial charge in [0, 0.05) is 0 Å². The average molecular weight is 350 g/mol. The third kappa shape index (κ3) is 1.88. The molecule has 1 aliphatic heterocycles. The second-order valence-corrected chi connectivity index (χ2v) is 7.24. The van der Waals surface area contributed by atoms with Gasteiger partial charge in [-0.3, -0.25) is 5.01 Å². The van der Waals surface area contributed by atoms with Crippen molar-refractivity contribution >= 4 is 5.69 Å². The fraction of sp³-hybridized carbons (Fsp3) is 0.120. The molecular formula is C25H22N2. The smallest absolute Gasteiger partial charge is 0.0715 e. The predicted octanol–water partition coefficient (Wildman–Crippen LogP) is 5.55. The molecule has 5 rings (SSSR count). The Kier molecular flexibility index (Phi) is 3.40. The Morgan fingerprint density at radius 3 is 1.89 bits per heavy atom. The van der Waals surface area contributed by atoms with Crippen molar-refractivity contribution in [2.24, 2.45) is 5.84 Å². The van der Waals surface area contributed by atoms with Gasteiger partial charge in [-0.2, -0.15) is 0 Å². The quantitative estimate of drug-likeness (QED) is 0.583. The van der Waals surface area contributed by atoms with E-state index in [-0.39, 0.29) is 5.41 Å². The van der Waals surface area contributed by atoms with Crippen LogP contribution in [0.3, 0.4) is 0 Å². The summed E-state index contributed by atoms with van der Waals surface area (Å²) in [6.07, 6.45) is 4.18. The number of rotatable bonds is 1. The molecule has 0 amide bonds. The van der Waals surface area contributed by atoms with E-state index in [0.29, 0.717) is 0 Å². The number of hydrazine groups is 1. The lowest BCUT2D eigenvalue weighted by Gasteiger charge is -2.43. The Labute approximate surface area is 160 Å². The molecule has 0 bridgehead atoms. The van der Waals surface area contributed by atoms with E-state index in [1.54, 1.807) is 0 Å². The first-order valence-corrected chi connectivity index (χ1v) is 9.39. The summed E-state index contributed by atoms with van der Waals surface area (Å²) >= 11 is 0. The van der Waals surface area contributed by atoms with Gasteiger partial charge in [0.2, 0.25) is 0 Å². The number of hydrogen-bond donors (Lipinski definition) is 1. The van der Waals surface area contributed by atoms with Crippen molar-refractivity contribution in [3.63, 3.8) is 0 Å². The average Bonchev–Trinajstić information content (AvgIpc) is 3.01. The van der Waals surface area contributed by atoms with Crippen molar-refractivity contribution in [1.82, 2.24) is 0 Å². The number of nitrogens with two attached hydrogens (primary N) is 1. The molecule has 3 aromatic carbocycles. The van der Waals surface area contributed by atoms with Crippen molar-refractivity contribution in [3.05, 3.63) is 113 Å². The number of allylic oxidation sites excluding steroid dienone is 3. The lowest BCUT2D eigenvalue weighted by atomic mass is 9.65. The predicted molar refractivity (Wildman–Crippen MR) is 112 cm³/mol. The molecule has 2 aliphatic rings. The van der Waals surface area contributed by atoms with Crippen LogP contribution in [-0.2, 0) is 5.41 Å². The minimum atomic E-state index is -0.311. The van der Waals surface area contributed by atoms with Gasteiger partial charge in [-0.25, -0.2) is 5.84 Å². The second-order valence-electron chi connectivity index (χ2n) is 7.24. The van der Waals surface area contributed by atoms with Crippen molar-refractivity contribution in [3.8, 4) is 11.1 Å². The Hall–Kier alpha value is -3.10. The number of nitrogens with zero attached hydrogens (tertiary/aromatic N) is 1. The fourth-order valence-corrected chi connectivity index (χ4v) is 5.00. The summed E-state index contributed by atoms with van der Waals surface area (Å²) in [4.78, 5) is 0. The Morgan fingerprint density at radius 2 is 1.30 bits per heavy atom. The van der Waals surface area contributed by atoms with Crippen LogP contribution in [0.5, 0.6) is 0 Å². The molecule has 0 radical (unpaired) electrons. The van der Waals surface area contributed by atoms with E-state index in [0.717, 1.165) is 11.4 Å². The van der Waals surface area contributed by atoms with Gasteiger partial charge < -0.3 is 0 Å². The van der Waals surface area contributed by atoms with Crippen LogP contribution in [0.1, 0.15) is 30.5 Å². The lowest BCUT2D eigenvalue weighted by Crippen LogP contribution is -2.42. The van der Waals surface area contributed by atoms with Crippen molar-refractivity contribution in [2.75, 3.05) is 5.01 Å². The van der Waals surface area contributed by atoms with Crippen LogP contribution in [0.4, 0.5) is 5.69 Å². The van der Waals surface area contributed by atoms with Crippen LogP contribution in [0.15, 0.2) is 96.2 Å². The zero-order chi connectivity index (χ0) is 18.6. The Balaban J connectivity index is 2.01. The molecule has 0 saturated heterocycles. The van der Waals surface area contributed by atoms with Crippen LogP contribution in [0.25, 0.3) is 11.1 Å². The minimum absolute atomic E-state index is 0.311. The van der Waals surface area contributed by atoms with Crippen molar-refractivity contribution in [1.29, 1.82) is 0 Å². The number of hydrogen-bond acceptors (Lipinski definition) is 2. The van der Waals surface area contributed by atoms with Gasteiger partial charge in [-0.15, -0.1) is 0 Å². The molecule has 2 N–H and O–H groups in total. The highest BCUT2D eigenvalue weighted by molar-refractivity contribution is 5.89. The molecule has 1 spiro atoms. The van der Waals surface area contributed by atoms with E-state index in [2.05, 4.69) is 91.9 Å². The molecule has 0 unspecified atom stereocenters. The summed E-state index contributed by atoms with van der Waals surface area (Å²) in [5.41, 5.74) is 9.62. The van der Waals surface area contributed by atoms with Crippen LogP contribution < -0.4 is 10.9 Å². The monoisotopic (exact) mass is 350 g/mol. The van der Waals surface area contributed by atoms with E-state index in [9.17, 15) is 0 Å². The molecule has 27 heavy (non-hydrogen) atoms. The highest BCUT2D eigenvalue weighted by atomic mass is 15.4. The standard InChI is InChI=1S/C25H22N2/c1-3-10-23-17(2)25(22-15-8-9-16-24(22)27(23)26)20-13-6-4-11-18(20)19-12-5-7-14-21(19)25/h3-16H,26H2,1-2H3/b10-3-. The van der Waals surface area contributed by atoms with Crippen LogP contribution >= 0.6 is 0 Å².